The first-order valence-electron chi connectivity index (χ1n) is 12.7. The highest BCUT2D eigenvalue weighted by molar-refractivity contribution is 5.54. The van der Waals surface area contributed by atoms with Crippen LogP contribution in [0.15, 0.2) is 97.1 Å². The van der Waals surface area contributed by atoms with Gasteiger partial charge in [0.05, 0.1) is 0 Å². The number of halogens is 12. The number of hydrogen-bond acceptors (Lipinski definition) is 4. The Bertz CT molecular complexity index is 1500. The largest absolute Gasteiger partial charge is 0.411 e. The van der Waals surface area contributed by atoms with Crippen LogP contribution in [0.25, 0.3) is 0 Å². The van der Waals surface area contributed by atoms with Gasteiger partial charge in [-0.2, -0.15) is 52.7 Å². The zero-order valence-electron chi connectivity index (χ0n) is 23.1. The normalized spacial score (nSPS) is 13.1. The molecule has 0 fully saturated rings. The fourth-order valence-electron chi connectivity index (χ4n) is 4.97. The van der Waals surface area contributed by atoms with E-state index in [4.69, 9.17) is 22.9 Å². The van der Waals surface area contributed by atoms with E-state index in [1.807, 2.05) is 0 Å². The number of benzene rings is 4. The molecule has 46 heavy (non-hydrogen) atoms. The number of nitrogen functional groups attached to an aromatic ring is 4. The first-order chi connectivity index (χ1) is 21.0. The van der Waals surface area contributed by atoms with Crippen molar-refractivity contribution in [1.82, 2.24) is 0 Å². The van der Waals surface area contributed by atoms with E-state index < -0.39 is 57.8 Å². The molecule has 0 spiro atoms. The summed E-state index contributed by atoms with van der Waals surface area (Å²) in [5, 5.41) is 0. The van der Waals surface area contributed by atoms with Crippen LogP contribution in [0.5, 0.6) is 0 Å². The van der Waals surface area contributed by atoms with Gasteiger partial charge < -0.3 is 22.9 Å². The third-order valence-corrected chi connectivity index (χ3v) is 7.03. The van der Waals surface area contributed by atoms with Gasteiger partial charge in [-0.15, -0.1) is 0 Å². The standard InChI is InChI=1S/2C15H12F6N2/c16-14(17,18)13(15(19,20)21,9-1-5-11(22)6-2-9)10-3-7-12(23)8-4-10;16-14(17,18)13(15(19,20)21,9-3-1-5-11(22)7-9)10-4-2-6-12(23)8-10/h2*1-8H,22-23H2. The molecule has 0 saturated heterocycles. The summed E-state index contributed by atoms with van der Waals surface area (Å²) in [5.74, 6) is 0. The van der Waals surface area contributed by atoms with Crippen LogP contribution in [0.1, 0.15) is 22.3 Å². The highest BCUT2D eigenvalue weighted by Gasteiger charge is 2.73. The number of alkyl halides is 12. The molecule has 0 aromatic heterocycles. The summed E-state index contributed by atoms with van der Waals surface area (Å²) >= 11 is 0. The van der Waals surface area contributed by atoms with Gasteiger partial charge >= 0.3 is 24.7 Å². The molecular weight excluding hydrogens is 644 g/mol. The molecule has 16 heteroatoms. The molecule has 248 valence electrons. The van der Waals surface area contributed by atoms with Crippen molar-refractivity contribution >= 4 is 22.7 Å². The van der Waals surface area contributed by atoms with Crippen LogP contribution in [0.4, 0.5) is 75.4 Å². The quantitative estimate of drug-likeness (QED) is 0.129. The lowest BCUT2D eigenvalue weighted by Gasteiger charge is -2.38. The van der Waals surface area contributed by atoms with Gasteiger partial charge in [0.15, 0.2) is 0 Å². The minimum absolute atomic E-state index is 0.0595. The van der Waals surface area contributed by atoms with Crippen molar-refractivity contribution in [3.63, 3.8) is 0 Å². The third kappa shape index (κ3) is 6.33. The van der Waals surface area contributed by atoms with E-state index in [1.54, 1.807) is 0 Å². The molecule has 0 saturated carbocycles. The molecule has 4 aromatic carbocycles. The summed E-state index contributed by atoms with van der Waals surface area (Å²) in [6.45, 7) is 0. The second-order valence-corrected chi connectivity index (χ2v) is 9.99. The molecule has 4 aromatic rings. The molecule has 0 atom stereocenters. The minimum atomic E-state index is -5.65. The summed E-state index contributed by atoms with van der Waals surface area (Å²) in [6.07, 6.45) is -22.5. The Morgan fingerprint density at radius 3 is 0.804 bits per heavy atom. The smallest absolute Gasteiger partial charge is 0.399 e. The lowest BCUT2D eigenvalue weighted by molar-refractivity contribution is -0.290. The van der Waals surface area contributed by atoms with Gasteiger partial charge in [0.25, 0.3) is 0 Å². The SMILES string of the molecule is Nc1ccc(C(c2ccc(N)cc2)(C(F)(F)F)C(F)(F)F)cc1.Nc1cccc(C(c2cccc(N)c2)(C(F)(F)F)C(F)(F)F)c1. The van der Waals surface area contributed by atoms with Crippen LogP contribution < -0.4 is 22.9 Å². The van der Waals surface area contributed by atoms with E-state index >= 15 is 0 Å². The fraction of sp³-hybridized carbons (Fsp3) is 0.200. The van der Waals surface area contributed by atoms with Gasteiger partial charge in [0.2, 0.25) is 10.8 Å². The zero-order chi connectivity index (χ0) is 34.9. The van der Waals surface area contributed by atoms with Crippen LogP contribution in [0, 0.1) is 0 Å². The Morgan fingerprint density at radius 1 is 0.304 bits per heavy atom. The molecule has 0 aliphatic carbocycles. The van der Waals surface area contributed by atoms with E-state index in [9.17, 15) is 52.7 Å². The summed E-state index contributed by atoms with van der Waals surface area (Å²) < 4.78 is 164. The Labute approximate surface area is 253 Å². The number of hydrogen-bond donors (Lipinski definition) is 4. The van der Waals surface area contributed by atoms with Crippen molar-refractivity contribution in [2.75, 3.05) is 22.9 Å². The maximum absolute atomic E-state index is 13.7. The Kier molecular flexibility index (Phi) is 9.48. The van der Waals surface area contributed by atoms with Crippen molar-refractivity contribution < 1.29 is 52.7 Å². The highest BCUT2D eigenvalue weighted by Crippen LogP contribution is 2.57. The van der Waals surface area contributed by atoms with Crippen LogP contribution >= 0.6 is 0 Å². The van der Waals surface area contributed by atoms with Crippen molar-refractivity contribution in [2.45, 2.75) is 35.5 Å². The number of anilines is 4. The molecule has 0 radical (unpaired) electrons. The Balaban J connectivity index is 0.000000250. The predicted octanol–water partition coefficient (Wildman–Crippen LogP) is 8.52. The van der Waals surface area contributed by atoms with Gasteiger partial charge in [-0.1, -0.05) is 48.5 Å². The van der Waals surface area contributed by atoms with E-state index in [2.05, 4.69) is 0 Å². The van der Waals surface area contributed by atoms with Crippen LogP contribution in [-0.2, 0) is 10.8 Å². The van der Waals surface area contributed by atoms with E-state index in [0.29, 0.717) is 12.1 Å². The minimum Gasteiger partial charge on any atom is -0.399 e. The van der Waals surface area contributed by atoms with Gasteiger partial charge in [0.1, 0.15) is 0 Å². The highest BCUT2D eigenvalue weighted by atomic mass is 19.4. The molecule has 0 bridgehead atoms. The van der Waals surface area contributed by atoms with Gasteiger partial charge in [-0.05, 0) is 70.8 Å². The van der Waals surface area contributed by atoms with Crippen LogP contribution in [0.2, 0.25) is 0 Å². The molecule has 4 rings (SSSR count). The first-order valence-corrected chi connectivity index (χ1v) is 12.7. The topological polar surface area (TPSA) is 104 Å². The average Bonchev–Trinajstić information content (AvgIpc) is 2.89. The average molecular weight is 669 g/mol. The van der Waals surface area contributed by atoms with Gasteiger partial charge in [0, 0.05) is 22.7 Å². The fourth-order valence-corrected chi connectivity index (χ4v) is 4.97. The van der Waals surface area contributed by atoms with Crippen molar-refractivity contribution in [1.29, 1.82) is 0 Å². The molecule has 0 aliphatic heterocycles. The summed E-state index contributed by atoms with van der Waals surface area (Å²) in [5.41, 5.74) is 8.90. The maximum Gasteiger partial charge on any atom is 0.411 e. The van der Waals surface area contributed by atoms with E-state index in [1.165, 1.54) is 12.1 Å². The third-order valence-electron chi connectivity index (χ3n) is 7.03. The second-order valence-electron chi connectivity index (χ2n) is 9.99. The lowest BCUT2D eigenvalue weighted by atomic mass is 9.72. The van der Waals surface area contributed by atoms with Gasteiger partial charge in [-0.25, -0.2) is 0 Å². The van der Waals surface area contributed by atoms with Crippen molar-refractivity contribution in [3.05, 3.63) is 119 Å². The lowest BCUT2D eigenvalue weighted by Crippen LogP contribution is -2.54. The number of rotatable bonds is 4. The number of nitrogens with two attached hydrogens (primary N) is 4. The maximum atomic E-state index is 13.7. The molecule has 8 N–H and O–H groups in total. The van der Waals surface area contributed by atoms with Gasteiger partial charge in [-0.3, -0.25) is 0 Å². The van der Waals surface area contributed by atoms with E-state index in [-0.39, 0.29) is 22.7 Å². The molecule has 0 unspecified atom stereocenters. The summed E-state index contributed by atoms with van der Waals surface area (Å²) in [7, 11) is 0. The molecule has 4 nitrogen and oxygen atoms in total. The molecule has 0 aliphatic rings. The monoisotopic (exact) mass is 668 g/mol. The van der Waals surface area contributed by atoms with E-state index in [0.717, 1.165) is 72.8 Å². The van der Waals surface area contributed by atoms with Crippen LogP contribution in [0.3, 0.4) is 0 Å². The van der Waals surface area contributed by atoms with Crippen molar-refractivity contribution in [3.8, 4) is 0 Å². The summed E-state index contributed by atoms with van der Waals surface area (Å²) in [4.78, 5) is 0. The molecule has 0 amide bonds. The van der Waals surface area contributed by atoms with Crippen LogP contribution in [-0.4, -0.2) is 24.7 Å². The predicted molar refractivity (Wildman–Crippen MR) is 149 cm³/mol. The summed E-state index contributed by atoms with van der Waals surface area (Å²) in [6, 6.07) is 14.3. The Morgan fingerprint density at radius 2 is 0.565 bits per heavy atom. The first kappa shape index (κ1) is 35.7. The van der Waals surface area contributed by atoms with Crippen molar-refractivity contribution in [2.24, 2.45) is 0 Å². The molecule has 0 heterocycles. The zero-order valence-corrected chi connectivity index (χ0v) is 23.1. The molecular formula is C30H24F12N4. The Hall–Kier alpha value is -4.76. The second kappa shape index (κ2) is 12.2.